The number of rotatable bonds is 9. The van der Waals surface area contributed by atoms with Crippen LogP contribution in [0.25, 0.3) is 22.0 Å². The molecule has 0 spiro atoms. The van der Waals surface area contributed by atoms with Gasteiger partial charge in [0.1, 0.15) is 11.6 Å². The van der Waals surface area contributed by atoms with Crippen LogP contribution in [-0.4, -0.2) is 34.9 Å². The van der Waals surface area contributed by atoms with Gasteiger partial charge in [-0.05, 0) is 52.9 Å². The number of aromatic amines is 1. The lowest BCUT2D eigenvalue weighted by Crippen LogP contribution is -2.23. The molecule has 184 valence electrons. The molecule has 1 amide bonds. The average molecular weight is 485 g/mol. The third-order valence-electron chi connectivity index (χ3n) is 6.56. The minimum atomic E-state index is -1.07. The highest BCUT2D eigenvalue weighted by molar-refractivity contribution is 6.00. The van der Waals surface area contributed by atoms with Gasteiger partial charge >= 0.3 is 5.97 Å². The molecule has 8 heteroatoms. The molecule has 4 aromatic rings. The number of methoxy groups -OCH3 is 1. The zero-order valence-electron chi connectivity index (χ0n) is 20.0. The molecular weight excluding hydrogens is 456 g/mol. The zero-order chi connectivity index (χ0) is 26.0. The summed E-state index contributed by atoms with van der Waals surface area (Å²) in [5, 5.41) is 18.6. The van der Waals surface area contributed by atoms with Crippen molar-refractivity contribution < 1.29 is 19.4 Å². The van der Waals surface area contributed by atoms with E-state index in [4.69, 9.17) is 21.6 Å². The van der Waals surface area contributed by atoms with Gasteiger partial charge in [0.2, 0.25) is 5.91 Å². The minimum absolute atomic E-state index is 0.0296. The molecule has 3 aromatic carbocycles. The van der Waals surface area contributed by atoms with Gasteiger partial charge in [-0.1, -0.05) is 43.3 Å². The quantitative estimate of drug-likeness (QED) is 0.175. The number of nitrogen functional groups attached to an aromatic ring is 1. The Balaban J connectivity index is 1.94. The van der Waals surface area contributed by atoms with Crippen LogP contribution in [0.2, 0.25) is 0 Å². The Morgan fingerprint density at radius 3 is 2.44 bits per heavy atom. The maximum Gasteiger partial charge on any atom is 0.336 e. The van der Waals surface area contributed by atoms with Crippen LogP contribution in [0.15, 0.2) is 66.9 Å². The van der Waals surface area contributed by atoms with Crippen molar-refractivity contribution in [2.75, 3.05) is 7.11 Å². The number of nitrogens with one attached hydrogen (secondary N) is 2. The molecule has 36 heavy (non-hydrogen) atoms. The monoisotopic (exact) mass is 484 g/mol. The predicted octanol–water partition coefficient (Wildman–Crippen LogP) is 4.47. The highest BCUT2D eigenvalue weighted by Gasteiger charge is 2.27. The largest absolute Gasteiger partial charge is 0.497 e. The van der Waals surface area contributed by atoms with Crippen molar-refractivity contribution in [1.29, 1.82) is 5.41 Å². The summed E-state index contributed by atoms with van der Waals surface area (Å²) in [6.07, 6.45) is 2.31. The molecule has 0 aliphatic carbocycles. The van der Waals surface area contributed by atoms with E-state index in [1.807, 2.05) is 42.6 Å². The molecule has 0 aliphatic rings. The van der Waals surface area contributed by atoms with Crippen LogP contribution in [0.4, 0.5) is 0 Å². The highest BCUT2D eigenvalue weighted by Crippen LogP contribution is 2.41. The van der Waals surface area contributed by atoms with Gasteiger partial charge in [-0.2, -0.15) is 0 Å². The van der Waals surface area contributed by atoms with Crippen molar-refractivity contribution in [2.45, 2.75) is 19.3 Å². The Hall–Kier alpha value is -4.59. The van der Waals surface area contributed by atoms with Gasteiger partial charge in [0.15, 0.2) is 0 Å². The van der Waals surface area contributed by atoms with E-state index < -0.39 is 17.8 Å². The van der Waals surface area contributed by atoms with Gasteiger partial charge in [-0.15, -0.1) is 0 Å². The topological polar surface area (TPSA) is 155 Å². The summed E-state index contributed by atoms with van der Waals surface area (Å²) in [6, 6.07) is 18.1. The number of carbonyl (C=O) groups excluding carboxylic acids is 1. The Bertz CT molecular complexity index is 1470. The fourth-order valence-electron chi connectivity index (χ4n) is 4.60. The van der Waals surface area contributed by atoms with Gasteiger partial charge in [-0.3, -0.25) is 10.2 Å². The summed E-state index contributed by atoms with van der Waals surface area (Å²) in [5.74, 6) is -1.76. The van der Waals surface area contributed by atoms with E-state index in [-0.39, 0.29) is 17.3 Å². The predicted molar refractivity (Wildman–Crippen MR) is 140 cm³/mol. The lowest BCUT2D eigenvalue weighted by molar-refractivity contribution is -0.121. The van der Waals surface area contributed by atoms with Crippen LogP contribution >= 0.6 is 0 Å². The van der Waals surface area contributed by atoms with E-state index >= 15 is 0 Å². The summed E-state index contributed by atoms with van der Waals surface area (Å²) in [7, 11) is 1.49. The van der Waals surface area contributed by atoms with Crippen molar-refractivity contribution in [2.24, 2.45) is 17.4 Å². The molecule has 0 radical (unpaired) electrons. The summed E-state index contributed by atoms with van der Waals surface area (Å²) >= 11 is 0. The first-order chi connectivity index (χ1) is 17.2. The van der Waals surface area contributed by atoms with Crippen molar-refractivity contribution in [3.8, 4) is 16.9 Å². The molecule has 2 atom stereocenters. The maximum absolute atomic E-state index is 12.2. The molecule has 0 aliphatic heterocycles. The molecule has 4 rings (SSSR count). The number of benzene rings is 3. The lowest BCUT2D eigenvalue weighted by Gasteiger charge is -2.24. The lowest BCUT2D eigenvalue weighted by atomic mass is 9.80. The number of carbonyl (C=O) groups is 2. The maximum atomic E-state index is 12.2. The molecule has 1 aromatic heterocycles. The fraction of sp³-hybridized carbons (Fsp3) is 0.179. The second-order valence-corrected chi connectivity index (χ2v) is 8.81. The number of aromatic nitrogens is 1. The summed E-state index contributed by atoms with van der Waals surface area (Å²) < 4.78 is 5.24. The van der Waals surface area contributed by atoms with Crippen molar-refractivity contribution in [1.82, 2.24) is 4.98 Å². The number of aromatic carboxylic acids is 1. The van der Waals surface area contributed by atoms with E-state index in [1.54, 1.807) is 25.1 Å². The van der Waals surface area contributed by atoms with E-state index in [1.165, 1.54) is 13.2 Å². The van der Waals surface area contributed by atoms with Gasteiger partial charge < -0.3 is 26.3 Å². The van der Waals surface area contributed by atoms with E-state index in [9.17, 15) is 14.7 Å². The third-order valence-corrected chi connectivity index (χ3v) is 6.56. The van der Waals surface area contributed by atoms with E-state index in [2.05, 4.69) is 4.98 Å². The first kappa shape index (κ1) is 24.5. The standard InChI is InChI=1S/C28H28N4O4/c1-15(27(31)33)11-22(24-14-32-25-12-16(26(29)30)7-9-21(24)25)19-6-4-3-5-18(19)20-10-8-17(36-2)13-23(20)28(34)35/h3-10,12-15,22,32H,11H2,1-2H3,(H3,29,30)(H2,31,33)(H,34,35). The number of nitrogens with two attached hydrogens (primary N) is 2. The number of amides is 1. The number of carboxylic acid groups (broad SMARTS) is 1. The van der Waals surface area contributed by atoms with Gasteiger partial charge in [0.05, 0.1) is 12.7 Å². The highest BCUT2D eigenvalue weighted by atomic mass is 16.5. The van der Waals surface area contributed by atoms with E-state index in [0.717, 1.165) is 27.6 Å². The first-order valence-corrected chi connectivity index (χ1v) is 11.5. The van der Waals surface area contributed by atoms with Crippen molar-refractivity contribution in [3.63, 3.8) is 0 Å². The fourth-order valence-corrected chi connectivity index (χ4v) is 4.60. The van der Waals surface area contributed by atoms with Crippen LogP contribution in [0.3, 0.4) is 0 Å². The molecule has 2 unspecified atom stereocenters. The Morgan fingerprint density at radius 2 is 1.78 bits per heavy atom. The smallest absolute Gasteiger partial charge is 0.336 e. The molecule has 0 saturated heterocycles. The zero-order valence-corrected chi connectivity index (χ0v) is 20.0. The Morgan fingerprint density at radius 1 is 1.03 bits per heavy atom. The number of hydrogen-bond donors (Lipinski definition) is 5. The van der Waals surface area contributed by atoms with Crippen LogP contribution in [-0.2, 0) is 4.79 Å². The number of H-pyrrole nitrogens is 1. The first-order valence-electron chi connectivity index (χ1n) is 11.5. The number of fused-ring (bicyclic) bond motifs is 1. The molecule has 0 bridgehead atoms. The van der Waals surface area contributed by atoms with Gasteiger partial charge in [-0.25, -0.2) is 4.79 Å². The summed E-state index contributed by atoms with van der Waals surface area (Å²) in [6.45, 7) is 1.79. The molecular formula is C28H28N4O4. The SMILES string of the molecule is COc1ccc(-c2ccccc2C(CC(C)C(N)=O)c2c[nH]c3cc(C(=N)N)ccc23)c(C(=O)O)c1. The number of hydrogen-bond acceptors (Lipinski definition) is 4. The van der Waals surface area contributed by atoms with Crippen LogP contribution in [0, 0.1) is 11.3 Å². The number of ether oxygens (including phenoxy) is 1. The van der Waals surface area contributed by atoms with Crippen LogP contribution in [0.1, 0.15) is 46.3 Å². The molecule has 0 saturated carbocycles. The molecule has 7 N–H and O–H groups in total. The van der Waals surface area contributed by atoms with Crippen molar-refractivity contribution >= 4 is 28.6 Å². The molecule has 8 nitrogen and oxygen atoms in total. The van der Waals surface area contributed by atoms with Crippen LogP contribution < -0.4 is 16.2 Å². The number of carboxylic acids is 1. The van der Waals surface area contributed by atoms with Gasteiger partial charge in [0.25, 0.3) is 0 Å². The third kappa shape index (κ3) is 4.65. The van der Waals surface area contributed by atoms with E-state index in [0.29, 0.717) is 23.3 Å². The second kappa shape index (κ2) is 9.95. The summed E-state index contributed by atoms with van der Waals surface area (Å²) in [5.41, 5.74) is 15.9. The Labute approximate surface area is 208 Å². The Kier molecular flexibility index (Phi) is 6.78. The second-order valence-electron chi connectivity index (χ2n) is 8.81. The van der Waals surface area contributed by atoms with Gasteiger partial charge in [0, 0.05) is 34.5 Å². The average Bonchev–Trinajstić information content (AvgIpc) is 3.29. The number of primary amides is 1. The number of amidine groups is 1. The normalized spacial score (nSPS) is 12.7. The van der Waals surface area contributed by atoms with Crippen molar-refractivity contribution in [3.05, 3.63) is 89.1 Å². The van der Waals surface area contributed by atoms with Crippen LogP contribution in [0.5, 0.6) is 5.75 Å². The minimum Gasteiger partial charge on any atom is -0.497 e. The summed E-state index contributed by atoms with van der Waals surface area (Å²) in [4.78, 5) is 27.5. The molecule has 1 heterocycles. The molecule has 0 fully saturated rings.